The second-order valence-electron chi connectivity index (χ2n) is 8.47. The second-order valence-corrected chi connectivity index (χ2v) is 8.47. The molecule has 0 aromatic heterocycles. The fourth-order valence-corrected chi connectivity index (χ4v) is 4.48. The zero-order valence-corrected chi connectivity index (χ0v) is 18.8. The number of benzene rings is 4. The summed E-state index contributed by atoms with van der Waals surface area (Å²) in [7, 11) is 0. The summed E-state index contributed by atoms with van der Waals surface area (Å²) in [6, 6.07) is 27.2. The molecule has 4 aromatic rings. The standard InChI is InChI=1S/C29H23FN2O3/c30-22-12-10-19(11-13-22)17-31-28(34)27-25-15-14-23(33)16-26(25)29(35)32(27)18-21-8-4-5-9-24(21)20-6-2-1-3-7-20/h1-16,27,33H,17-18H2,(H,31,34). The van der Waals surface area contributed by atoms with Crippen LogP contribution in [0.5, 0.6) is 5.75 Å². The molecular formula is C29H23FN2O3. The highest BCUT2D eigenvalue weighted by molar-refractivity contribution is 6.05. The number of amides is 2. The van der Waals surface area contributed by atoms with E-state index in [-0.39, 0.29) is 36.5 Å². The molecule has 0 bridgehead atoms. The molecule has 35 heavy (non-hydrogen) atoms. The van der Waals surface area contributed by atoms with Crippen LogP contribution in [0.25, 0.3) is 11.1 Å². The van der Waals surface area contributed by atoms with Gasteiger partial charge < -0.3 is 15.3 Å². The van der Waals surface area contributed by atoms with E-state index in [0.29, 0.717) is 11.1 Å². The number of nitrogens with one attached hydrogen (secondary N) is 1. The largest absolute Gasteiger partial charge is 0.508 e. The minimum absolute atomic E-state index is 0.0332. The average molecular weight is 467 g/mol. The molecule has 0 radical (unpaired) electrons. The van der Waals surface area contributed by atoms with Gasteiger partial charge in [0.15, 0.2) is 0 Å². The predicted molar refractivity (Wildman–Crippen MR) is 131 cm³/mol. The number of hydrogen-bond donors (Lipinski definition) is 2. The number of aromatic hydroxyl groups is 1. The van der Waals surface area contributed by atoms with E-state index in [9.17, 15) is 19.1 Å². The van der Waals surface area contributed by atoms with Crippen molar-refractivity contribution in [3.05, 3.63) is 125 Å². The molecule has 1 heterocycles. The Kier molecular flexibility index (Phi) is 6.02. The Morgan fingerprint density at radius 1 is 0.886 bits per heavy atom. The van der Waals surface area contributed by atoms with Crippen LogP contribution in [0.15, 0.2) is 97.1 Å². The van der Waals surface area contributed by atoms with E-state index in [2.05, 4.69) is 5.32 Å². The Morgan fingerprint density at radius 2 is 1.60 bits per heavy atom. The summed E-state index contributed by atoms with van der Waals surface area (Å²) in [6.45, 7) is 0.416. The van der Waals surface area contributed by atoms with Gasteiger partial charge in [-0.05, 0) is 52.1 Å². The number of phenols is 1. The maximum absolute atomic E-state index is 13.4. The molecule has 0 spiro atoms. The summed E-state index contributed by atoms with van der Waals surface area (Å²) in [5.74, 6) is -1.04. The Hall–Kier alpha value is -4.45. The first-order valence-electron chi connectivity index (χ1n) is 11.3. The zero-order valence-electron chi connectivity index (χ0n) is 18.8. The van der Waals surface area contributed by atoms with Crippen LogP contribution in [0.1, 0.15) is 33.1 Å². The summed E-state index contributed by atoms with van der Waals surface area (Å²) in [6.07, 6.45) is 0. The molecule has 0 saturated carbocycles. The molecule has 5 nitrogen and oxygen atoms in total. The first-order valence-corrected chi connectivity index (χ1v) is 11.3. The molecule has 0 fully saturated rings. The van der Waals surface area contributed by atoms with Crippen LogP contribution >= 0.6 is 0 Å². The van der Waals surface area contributed by atoms with Gasteiger partial charge >= 0.3 is 0 Å². The smallest absolute Gasteiger partial charge is 0.255 e. The number of carbonyl (C=O) groups is 2. The van der Waals surface area contributed by atoms with Gasteiger partial charge in [0.25, 0.3) is 5.91 Å². The Balaban J connectivity index is 1.47. The molecule has 174 valence electrons. The molecular weight excluding hydrogens is 443 g/mol. The number of nitrogens with zero attached hydrogens (tertiary/aromatic N) is 1. The van der Waals surface area contributed by atoms with E-state index in [1.165, 1.54) is 29.2 Å². The first kappa shape index (κ1) is 22.3. The van der Waals surface area contributed by atoms with Crippen LogP contribution in [0.3, 0.4) is 0 Å². The summed E-state index contributed by atoms with van der Waals surface area (Å²) in [5.41, 5.74) is 4.49. The van der Waals surface area contributed by atoms with Crippen molar-refractivity contribution >= 4 is 11.8 Å². The summed E-state index contributed by atoms with van der Waals surface area (Å²) < 4.78 is 13.2. The van der Waals surface area contributed by atoms with Crippen molar-refractivity contribution in [2.45, 2.75) is 19.1 Å². The van der Waals surface area contributed by atoms with Gasteiger partial charge in [0.2, 0.25) is 5.91 Å². The van der Waals surface area contributed by atoms with Crippen molar-refractivity contribution in [2.75, 3.05) is 0 Å². The van der Waals surface area contributed by atoms with E-state index in [1.807, 2.05) is 54.6 Å². The van der Waals surface area contributed by atoms with Crippen LogP contribution < -0.4 is 5.32 Å². The Labute approximate surface area is 202 Å². The van der Waals surface area contributed by atoms with Crippen LogP contribution in [0.2, 0.25) is 0 Å². The number of phenolic OH excluding ortho intramolecular Hbond substituents is 1. The van der Waals surface area contributed by atoms with E-state index in [4.69, 9.17) is 0 Å². The minimum atomic E-state index is -0.859. The number of rotatable bonds is 6. The lowest BCUT2D eigenvalue weighted by Gasteiger charge is -2.26. The van der Waals surface area contributed by atoms with Gasteiger partial charge in [0, 0.05) is 18.7 Å². The molecule has 1 atom stereocenters. The average Bonchev–Trinajstić information content (AvgIpc) is 3.15. The summed E-state index contributed by atoms with van der Waals surface area (Å²) in [5, 5.41) is 12.9. The van der Waals surface area contributed by atoms with Gasteiger partial charge in [0.1, 0.15) is 17.6 Å². The quantitative estimate of drug-likeness (QED) is 0.410. The zero-order chi connectivity index (χ0) is 24.4. The molecule has 4 aromatic carbocycles. The predicted octanol–water partition coefficient (Wildman–Crippen LogP) is 5.21. The van der Waals surface area contributed by atoms with Crippen molar-refractivity contribution < 1.29 is 19.1 Å². The number of carbonyl (C=O) groups excluding carboxylic acids is 2. The first-order chi connectivity index (χ1) is 17.0. The van der Waals surface area contributed by atoms with Crippen molar-refractivity contribution in [1.29, 1.82) is 0 Å². The lowest BCUT2D eigenvalue weighted by molar-refractivity contribution is -0.125. The van der Waals surface area contributed by atoms with Crippen molar-refractivity contribution in [2.24, 2.45) is 0 Å². The third-order valence-electron chi connectivity index (χ3n) is 6.21. The van der Waals surface area contributed by atoms with Gasteiger partial charge in [0.05, 0.1) is 0 Å². The van der Waals surface area contributed by atoms with Crippen LogP contribution in [0.4, 0.5) is 4.39 Å². The van der Waals surface area contributed by atoms with Crippen LogP contribution in [-0.4, -0.2) is 21.8 Å². The molecule has 2 N–H and O–H groups in total. The highest BCUT2D eigenvalue weighted by Gasteiger charge is 2.41. The van der Waals surface area contributed by atoms with E-state index in [0.717, 1.165) is 22.3 Å². The summed E-state index contributed by atoms with van der Waals surface area (Å²) in [4.78, 5) is 28.3. The molecule has 1 aliphatic rings. The molecule has 1 unspecified atom stereocenters. The lowest BCUT2D eigenvalue weighted by Crippen LogP contribution is -2.38. The fraction of sp³-hybridized carbons (Fsp3) is 0.103. The molecule has 2 amide bonds. The minimum Gasteiger partial charge on any atom is -0.508 e. The van der Waals surface area contributed by atoms with E-state index in [1.54, 1.807) is 18.2 Å². The summed E-state index contributed by atoms with van der Waals surface area (Å²) >= 11 is 0. The topological polar surface area (TPSA) is 69.6 Å². The number of hydrogen-bond acceptors (Lipinski definition) is 3. The van der Waals surface area contributed by atoms with E-state index >= 15 is 0 Å². The van der Waals surface area contributed by atoms with Crippen molar-refractivity contribution in [3.63, 3.8) is 0 Å². The van der Waals surface area contributed by atoms with Crippen molar-refractivity contribution in [1.82, 2.24) is 10.2 Å². The number of fused-ring (bicyclic) bond motifs is 1. The maximum Gasteiger partial charge on any atom is 0.255 e. The maximum atomic E-state index is 13.4. The molecule has 5 rings (SSSR count). The highest BCUT2D eigenvalue weighted by Crippen LogP contribution is 2.38. The monoisotopic (exact) mass is 466 g/mol. The van der Waals surface area contributed by atoms with E-state index < -0.39 is 6.04 Å². The normalized spacial score (nSPS) is 14.6. The fourth-order valence-electron chi connectivity index (χ4n) is 4.48. The third kappa shape index (κ3) is 4.51. The Morgan fingerprint density at radius 3 is 2.37 bits per heavy atom. The second kappa shape index (κ2) is 9.43. The van der Waals surface area contributed by atoms with Gasteiger partial charge in [-0.15, -0.1) is 0 Å². The third-order valence-corrected chi connectivity index (χ3v) is 6.21. The van der Waals surface area contributed by atoms with Gasteiger partial charge in [-0.1, -0.05) is 72.8 Å². The van der Waals surface area contributed by atoms with Crippen LogP contribution in [0, 0.1) is 5.82 Å². The highest BCUT2D eigenvalue weighted by atomic mass is 19.1. The molecule has 0 aliphatic carbocycles. The van der Waals surface area contributed by atoms with Crippen LogP contribution in [-0.2, 0) is 17.9 Å². The SMILES string of the molecule is O=C(NCc1ccc(F)cc1)C1c2ccc(O)cc2C(=O)N1Cc1ccccc1-c1ccccc1. The van der Waals surface area contributed by atoms with Gasteiger partial charge in [-0.2, -0.15) is 0 Å². The van der Waals surface area contributed by atoms with Gasteiger partial charge in [-0.25, -0.2) is 4.39 Å². The lowest BCUT2D eigenvalue weighted by atomic mass is 9.99. The van der Waals surface area contributed by atoms with Gasteiger partial charge in [-0.3, -0.25) is 9.59 Å². The molecule has 1 aliphatic heterocycles. The molecule has 6 heteroatoms. The molecule has 0 saturated heterocycles. The number of halogens is 1. The Bertz CT molecular complexity index is 1390. The van der Waals surface area contributed by atoms with Crippen molar-refractivity contribution in [3.8, 4) is 16.9 Å².